The molecule has 0 heterocycles. The molecule has 0 bridgehead atoms. The topological polar surface area (TPSA) is 66.5 Å². The summed E-state index contributed by atoms with van der Waals surface area (Å²) in [5.41, 5.74) is 0.504. The Balaban J connectivity index is 2.73. The Morgan fingerprint density at radius 3 is 2.35 bits per heavy atom. The number of nitrogens with zero attached hydrogens (tertiary/aromatic N) is 1. The fraction of sp³-hybridized carbons (Fsp3) is 0.588. The van der Waals surface area contributed by atoms with Gasteiger partial charge in [0.15, 0.2) is 0 Å². The van der Waals surface area contributed by atoms with E-state index in [9.17, 15) is 13.2 Å². The van der Waals surface area contributed by atoms with Crippen molar-refractivity contribution in [3.8, 4) is 0 Å². The molecule has 5 nitrogen and oxygen atoms in total. The van der Waals surface area contributed by atoms with Crippen LogP contribution in [-0.2, 0) is 10.0 Å². The molecule has 0 saturated carbocycles. The summed E-state index contributed by atoms with van der Waals surface area (Å²) in [5.74, 6) is 0.353. The fourth-order valence-corrected chi connectivity index (χ4v) is 3.11. The highest BCUT2D eigenvalue weighted by molar-refractivity contribution is 7.89. The van der Waals surface area contributed by atoms with Crippen molar-refractivity contribution in [2.24, 2.45) is 5.92 Å². The van der Waals surface area contributed by atoms with Gasteiger partial charge in [0.05, 0.1) is 4.90 Å². The van der Waals surface area contributed by atoms with E-state index in [4.69, 9.17) is 0 Å². The van der Waals surface area contributed by atoms with Crippen LogP contribution >= 0.6 is 0 Å². The SMILES string of the molecule is CCCCN(C)C(=O)c1ccc(S(=O)(=O)NCCC(C)C)cc1. The number of carbonyl (C=O) groups excluding carboxylic acids is 1. The number of hydrogen-bond acceptors (Lipinski definition) is 3. The number of nitrogens with one attached hydrogen (secondary N) is 1. The fourth-order valence-electron chi connectivity index (χ4n) is 2.06. The molecular weight excluding hydrogens is 312 g/mol. The molecule has 0 aliphatic heterocycles. The van der Waals surface area contributed by atoms with Gasteiger partial charge in [-0.3, -0.25) is 4.79 Å². The van der Waals surface area contributed by atoms with Gasteiger partial charge in [0.25, 0.3) is 5.91 Å². The van der Waals surface area contributed by atoms with E-state index in [-0.39, 0.29) is 10.8 Å². The molecule has 0 fully saturated rings. The van der Waals surface area contributed by atoms with Crippen LogP contribution < -0.4 is 4.72 Å². The van der Waals surface area contributed by atoms with Crippen molar-refractivity contribution in [3.63, 3.8) is 0 Å². The minimum atomic E-state index is -3.51. The van der Waals surface area contributed by atoms with E-state index in [2.05, 4.69) is 11.6 Å². The van der Waals surface area contributed by atoms with Crippen LogP contribution in [0.5, 0.6) is 0 Å². The monoisotopic (exact) mass is 340 g/mol. The summed E-state index contributed by atoms with van der Waals surface area (Å²) in [7, 11) is -1.75. The Labute approximate surface area is 140 Å². The van der Waals surface area contributed by atoms with Crippen LogP contribution in [0.25, 0.3) is 0 Å². The van der Waals surface area contributed by atoms with Crippen LogP contribution in [0.3, 0.4) is 0 Å². The van der Waals surface area contributed by atoms with E-state index in [1.54, 1.807) is 24.1 Å². The van der Waals surface area contributed by atoms with E-state index in [0.717, 1.165) is 19.3 Å². The summed E-state index contributed by atoms with van der Waals surface area (Å²) in [6.45, 7) is 7.28. The average Bonchev–Trinajstić information content (AvgIpc) is 2.51. The molecule has 0 unspecified atom stereocenters. The zero-order valence-electron chi connectivity index (χ0n) is 14.5. The number of rotatable bonds is 9. The predicted octanol–water partition coefficient (Wildman–Crippen LogP) is 2.88. The molecule has 1 rings (SSSR count). The molecule has 1 aromatic carbocycles. The van der Waals surface area contributed by atoms with Gasteiger partial charge in [-0.1, -0.05) is 27.2 Å². The molecule has 0 radical (unpaired) electrons. The first-order valence-corrected chi connectivity index (χ1v) is 9.61. The van der Waals surface area contributed by atoms with E-state index < -0.39 is 10.0 Å². The summed E-state index contributed by atoms with van der Waals surface area (Å²) < 4.78 is 26.9. The molecule has 1 aromatic rings. The van der Waals surface area contributed by atoms with Gasteiger partial charge in [-0.15, -0.1) is 0 Å². The molecule has 6 heteroatoms. The van der Waals surface area contributed by atoms with Gasteiger partial charge in [-0.2, -0.15) is 0 Å². The first-order valence-electron chi connectivity index (χ1n) is 8.13. The van der Waals surface area contributed by atoms with Crippen molar-refractivity contribution in [2.45, 2.75) is 44.9 Å². The predicted molar refractivity (Wildman–Crippen MR) is 93.0 cm³/mol. The molecule has 0 aliphatic rings. The van der Waals surface area contributed by atoms with Crippen LogP contribution in [0.2, 0.25) is 0 Å². The van der Waals surface area contributed by atoms with Gasteiger partial charge in [0, 0.05) is 25.7 Å². The minimum absolute atomic E-state index is 0.0878. The van der Waals surface area contributed by atoms with Crippen LogP contribution in [-0.4, -0.2) is 39.4 Å². The van der Waals surface area contributed by atoms with Crippen molar-refractivity contribution in [1.82, 2.24) is 9.62 Å². The van der Waals surface area contributed by atoms with Gasteiger partial charge in [0.1, 0.15) is 0 Å². The number of benzene rings is 1. The molecule has 0 spiro atoms. The Morgan fingerprint density at radius 2 is 1.83 bits per heavy atom. The smallest absolute Gasteiger partial charge is 0.253 e. The lowest BCUT2D eigenvalue weighted by Gasteiger charge is -2.17. The summed E-state index contributed by atoms with van der Waals surface area (Å²) in [6, 6.07) is 6.11. The summed E-state index contributed by atoms with van der Waals surface area (Å²) in [4.78, 5) is 14.1. The van der Waals surface area contributed by atoms with Crippen LogP contribution in [0.4, 0.5) is 0 Å². The second kappa shape index (κ2) is 9.03. The lowest BCUT2D eigenvalue weighted by Crippen LogP contribution is -2.28. The molecule has 0 saturated heterocycles. The lowest BCUT2D eigenvalue weighted by atomic mass is 10.1. The van der Waals surface area contributed by atoms with E-state index in [0.29, 0.717) is 24.6 Å². The van der Waals surface area contributed by atoms with Crippen LogP contribution in [0, 0.1) is 5.92 Å². The lowest BCUT2D eigenvalue weighted by molar-refractivity contribution is 0.0793. The van der Waals surface area contributed by atoms with E-state index in [1.807, 2.05) is 13.8 Å². The Kier molecular flexibility index (Phi) is 7.72. The van der Waals surface area contributed by atoms with Gasteiger partial charge < -0.3 is 4.90 Å². The zero-order valence-corrected chi connectivity index (χ0v) is 15.3. The van der Waals surface area contributed by atoms with Gasteiger partial charge in [0.2, 0.25) is 10.0 Å². The Bertz CT molecular complexity index is 595. The molecule has 0 aliphatic carbocycles. The Hall–Kier alpha value is -1.40. The molecule has 130 valence electrons. The highest BCUT2D eigenvalue weighted by atomic mass is 32.2. The van der Waals surface area contributed by atoms with E-state index in [1.165, 1.54) is 12.1 Å². The maximum atomic E-state index is 12.2. The number of hydrogen-bond donors (Lipinski definition) is 1. The average molecular weight is 340 g/mol. The molecule has 1 N–H and O–H groups in total. The van der Waals surface area contributed by atoms with Crippen molar-refractivity contribution in [1.29, 1.82) is 0 Å². The number of amides is 1. The third-order valence-electron chi connectivity index (χ3n) is 3.62. The van der Waals surface area contributed by atoms with Gasteiger partial charge >= 0.3 is 0 Å². The van der Waals surface area contributed by atoms with Crippen LogP contribution in [0.1, 0.15) is 50.4 Å². The normalized spacial score (nSPS) is 11.7. The highest BCUT2D eigenvalue weighted by Gasteiger charge is 2.16. The standard InChI is InChI=1S/C17H28N2O3S/c1-5-6-13-19(4)17(20)15-7-9-16(10-8-15)23(21,22)18-12-11-14(2)3/h7-10,14,18H,5-6,11-13H2,1-4H3. The number of carbonyl (C=O) groups is 1. The third kappa shape index (κ3) is 6.31. The van der Waals surface area contributed by atoms with Crippen molar-refractivity contribution in [2.75, 3.05) is 20.1 Å². The number of sulfonamides is 1. The highest BCUT2D eigenvalue weighted by Crippen LogP contribution is 2.12. The second-order valence-corrected chi connectivity index (χ2v) is 7.95. The summed E-state index contributed by atoms with van der Waals surface area (Å²) in [6.07, 6.45) is 2.77. The Morgan fingerprint density at radius 1 is 1.22 bits per heavy atom. The molecule has 1 amide bonds. The molecule has 0 aromatic heterocycles. The second-order valence-electron chi connectivity index (χ2n) is 6.18. The molecular formula is C17H28N2O3S. The molecule has 23 heavy (non-hydrogen) atoms. The van der Waals surface area contributed by atoms with Gasteiger partial charge in [-0.05, 0) is 43.0 Å². The first-order chi connectivity index (χ1) is 10.8. The number of unbranched alkanes of at least 4 members (excludes halogenated alkanes) is 1. The quantitative estimate of drug-likeness (QED) is 0.751. The van der Waals surface area contributed by atoms with Crippen molar-refractivity contribution in [3.05, 3.63) is 29.8 Å². The minimum Gasteiger partial charge on any atom is -0.342 e. The van der Waals surface area contributed by atoms with E-state index >= 15 is 0 Å². The van der Waals surface area contributed by atoms with Gasteiger partial charge in [-0.25, -0.2) is 13.1 Å². The van der Waals surface area contributed by atoms with Crippen LogP contribution in [0.15, 0.2) is 29.2 Å². The largest absolute Gasteiger partial charge is 0.342 e. The summed E-state index contributed by atoms with van der Waals surface area (Å²) in [5, 5.41) is 0. The summed E-state index contributed by atoms with van der Waals surface area (Å²) >= 11 is 0. The first kappa shape index (κ1) is 19.6. The van der Waals surface area contributed by atoms with Crippen molar-refractivity contribution >= 4 is 15.9 Å². The maximum absolute atomic E-state index is 12.2. The third-order valence-corrected chi connectivity index (χ3v) is 5.10. The van der Waals surface area contributed by atoms with Crippen molar-refractivity contribution < 1.29 is 13.2 Å². The molecule has 0 atom stereocenters. The maximum Gasteiger partial charge on any atom is 0.253 e. The zero-order chi connectivity index (χ0) is 17.5.